The van der Waals surface area contributed by atoms with Gasteiger partial charge in [-0.1, -0.05) is 18.2 Å². The fourth-order valence-electron chi connectivity index (χ4n) is 3.94. The van der Waals surface area contributed by atoms with E-state index in [2.05, 4.69) is 11.5 Å². The number of carbonyl (C=O) groups excluding carboxylic acids is 1. The standard InChI is InChI=1S/C21H29FN2O2/c1-2-3-8-21(25)24-13-9-17(10-14-24)23-15-11-18(12-16-23)26-20-7-5-4-6-19(20)22/h2,4-7,17-18H,1,3,8-16H2. The van der Waals surface area contributed by atoms with E-state index >= 15 is 0 Å². The Morgan fingerprint density at radius 1 is 1.15 bits per heavy atom. The summed E-state index contributed by atoms with van der Waals surface area (Å²) in [4.78, 5) is 16.6. The van der Waals surface area contributed by atoms with Crippen LogP contribution < -0.4 is 4.74 Å². The zero-order chi connectivity index (χ0) is 18.4. The summed E-state index contributed by atoms with van der Waals surface area (Å²) in [6.45, 7) is 7.35. The van der Waals surface area contributed by atoms with E-state index in [9.17, 15) is 9.18 Å². The highest BCUT2D eigenvalue weighted by Crippen LogP contribution is 2.25. The fraction of sp³-hybridized carbons (Fsp3) is 0.571. The Hall–Kier alpha value is -1.88. The summed E-state index contributed by atoms with van der Waals surface area (Å²) < 4.78 is 19.6. The van der Waals surface area contributed by atoms with E-state index in [0.717, 1.165) is 58.3 Å². The Labute approximate surface area is 155 Å². The van der Waals surface area contributed by atoms with Gasteiger partial charge in [-0.2, -0.15) is 0 Å². The molecule has 0 saturated carbocycles. The second-order valence-corrected chi connectivity index (χ2v) is 7.22. The van der Waals surface area contributed by atoms with E-state index in [1.807, 2.05) is 4.90 Å². The molecule has 0 radical (unpaired) electrons. The van der Waals surface area contributed by atoms with E-state index in [1.165, 1.54) is 6.07 Å². The molecule has 0 bridgehead atoms. The molecule has 0 spiro atoms. The molecule has 1 aromatic rings. The number of hydrogen-bond acceptors (Lipinski definition) is 3. The van der Waals surface area contributed by atoms with Gasteiger partial charge in [-0.3, -0.25) is 9.69 Å². The molecule has 4 nitrogen and oxygen atoms in total. The maximum atomic E-state index is 13.7. The number of rotatable bonds is 6. The van der Waals surface area contributed by atoms with Crippen LogP contribution in [0.2, 0.25) is 0 Å². The van der Waals surface area contributed by atoms with Crippen LogP contribution in [0.25, 0.3) is 0 Å². The van der Waals surface area contributed by atoms with Crippen LogP contribution in [0, 0.1) is 5.82 Å². The largest absolute Gasteiger partial charge is 0.487 e. The Morgan fingerprint density at radius 3 is 2.50 bits per heavy atom. The van der Waals surface area contributed by atoms with Crippen LogP contribution in [0.5, 0.6) is 5.75 Å². The van der Waals surface area contributed by atoms with E-state index in [4.69, 9.17) is 4.74 Å². The molecule has 2 fully saturated rings. The first kappa shape index (κ1) is 18.9. The van der Waals surface area contributed by atoms with Crippen molar-refractivity contribution in [1.82, 2.24) is 9.80 Å². The second-order valence-electron chi connectivity index (χ2n) is 7.22. The molecule has 2 saturated heterocycles. The number of likely N-dealkylation sites (tertiary alicyclic amines) is 2. The van der Waals surface area contributed by atoms with Gasteiger partial charge < -0.3 is 9.64 Å². The SMILES string of the molecule is C=CCCC(=O)N1CCC(N2CCC(Oc3ccccc3F)CC2)CC1. The average Bonchev–Trinajstić information content (AvgIpc) is 2.68. The average molecular weight is 360 g/mol. The molecule has 5 heteroatoms. The number of nitrogens with zero attached hydrogens (tertiary/aromatic N) is 2. The summed E-state index contributed by atoms with van der Waals surface area (Å²) in [5, 5.41) is 0. The quantitative estimate of drug-likeness (QED) is 0.727. The summed E-state index contributed by atoms with van der Waals surface area (Å²) in [6, 6.07) is 7.17. The lowest BCUT2D eigenvalue weighted by molar-refractivity contribution is -0.132. The lowest BCUT2D eigenvalue weighted by Gasteiger charge is -2.41. The van der Waals surface area contributed by atoms with Crippen molar-refractivity contribution in [2.75, 3.05) is 26.2 Å². The summed E-state index contributed by atoms with van der Waals surface area (Å²) in [5.41, 5.74) is 0. The number of amides is 1. The minimum absolute atomic E-state index is 0.0868. The maximum absolute atomic E-state index is 13.7. The first-order chi connectivity index (χ1) is 12.7. The summed E-state index contributed by atoms with van der Waals surface area (Å²) in [7, 11) is 0. The van der Waals surface area contributed by atoms with E-state index in [1.54, 1.807) is 24.3 Å². The highest BCUT2D eigenvalue weighted by Gasteiger charge is 2.30. The van der Waals surface area contributed by atoms with Gasteiger partial charge in [0.25, 0.3) is 0 Å². The number of piperidine rings is 2. The Balaban J connectivity index is 1.41. The molecule has 2 aliphatic rings. The maximum Gasteiger partial charge on any atom is 0.222 e. The molecule has 3 rings (SSSR count). The number of ether oxygens (including phenoxy) is 1. The monoisotopic (exact) mass is 360 g/mol. The van der Waals surface area contributed by atoms with E-state index in [0.29, 0.717) is 18.2 Å². The van der Waals surface area contributed by atoms with Gasteiger partial charge in [0.1, 0.15) is 6.10 Å². The minimum Gasteiger partial charge on any atom is -0.487 e. The number of benzene rings is 1. The molecule has 2 heterocycles. The number of para-hydroxylation sites is 1. The summed E-state index contributed by atoms with van der Waals surface area (Å²) >= 11 is 0. The van der Waals surface area contributed by atoms with E-state index in [-0.39, 0.29) is 17.8 Å². The van der Waals surface area contributed by atoms with Crippen LogP contribution >= 0.6 is 0 Å². The molecule has 0 N–H and O–H groups in total. The van der Waals surface area contributed by atoms with Gasteiger partial charge in [0.2, 0.25) is 5.91 Å². The lowest BCUT2D eigenvalue weighted by atomic mass is 9.98. The molecule has 2 aliphatic heterocycles. The number of halogens is 1. The molecule has 0 unspecified atom stereocenters. The Morgan fingerprint density at radius 2 is 1.85 bits per heavy atom. The molecule has 142 valence electrons. The normalized spacial score (nSPS) is 20.1. The molecule has 26 heavy (non-hydrogen) atoms. The Kier molecular flexibility index (Phi) is 6.67. The van der Waals surface area contributed by atoms with Crippen molar-refractivity contribution in [3.8, 4) is 5.75 Å². The smallest absolute Gasteiger partial charge is 0.222 e. The van der Waals surface area contributed by atoms with Crippen LogP contribution in [0.15, 0.2) is 36.9 Å². The van der Waals surface area contributed by atoms with Gasteiger partial charge in [-0.05, 0) is 44.2 Å². The fourth-order valence-corrected chi connectivity index (χ4v) is 3.94. The molecule has 0 atom stereocenters. The molecular weight excluding hydrogens is 331 g/mol. The molecule has 0 aromatic heterocycles. The number of hydrogen-bond donors (Lipinski definition) is 0. The van der Waals surface area contributed by atoms with Gasteiger partial charge in [-0.15, -0.1) is 6.58 Å². The highest BCUT2D eigenvalue weighted by atomic mass is 19.1. The highest BCUT2D eigenvalue weighted by molar-refractivity contribution is 5.76. The first-order valence-corrected chi connectivity index (χ1v) is 9.71. The van der Waals surface area contributed by atoms with Gasteiger partial charge >= 0.3 is 0 Å². The number of carbonyl (C=O) groups is 1. The van der Waals surface area contributed by atoms with Crippen molar-refractivity contribution >= 4 is 5.91 Å². The van der Waals surface area contributed by atoms with Crippen molar-refractivity contribution in [3.05, 3.63) is 42.7 Å². The topological polar surface area (TPSA) is 32.8 Å². The van der Waals surface area contributed by atoms with Crippen molar-refractivity contribution in [2.24, 2.45) is 0 Å². The Bertz CT molecular complexity index is 606. The minimum atomic E-state index is -0.288. The van der Waals surface area contributed by atoms with Crippen LogP contribution in [-0.2, 0) is 4.79 Å². The van der Waals surface area contributed by atoms with Gasteiger partial charge in [0.15, 0.2) is 11.6 Å². The third-order valence-corrected chi connectivity index (χ3v) is 5.50. The van der Waals surface area contributed by atoms with Crippen LogP contribution in [0.4, 0.5) is 4.39 Å². The van der Waals surface area contributed by atoms with Crippen molar-refractivity contribution < 1.29 is 13.9 Å². The molecular formula is C21H29FN2O2. The van der Waals surface area contributed by atoms with Crippen molar-refractivity contribution in [2.45, 2.75) is 50.7 Å². The van der Waals surface area contributed by atoms with Crippen molar-refractivity contribution in [3.63, 3.8) is 0 Å². The third-order valence-electron chi connectivity index (χ3n) is 5.50. The van der Waals surface area contributed by atoms with Gasteiger partial charge in [-0.25, -0.2) is 4.39 Å². The molecule has 1 amide bonds. The van der Waals surface area contributed by atoms with Gasteiger partial charge in [0.05, 0.1) is 0 Å². The van der Waals surface area contributed by atoms with Crippen LogP contribution in [0.3, 0.4) is 0 Å². The summed E-state index contributed by atoms with van der Waals surface area (Å²) in [5.74, 6) is 0.320. The molecule has 0 aliphatic carbocycles. The zero-order valence-electron chi connectivity index (χ0n) is 15.4. The van der Waals surface area contributed by atoms with E-state index < -0.39 is 0 Å². The molecule has 1 aromatic carbocycles. The third kappa shape index (κ3) is 4.85. The number of allylic oxidation sites excluding steroid dienone is 1. The second kappa shape index (κ2) is 9.17. The summed E-state index contributed by atoms with van der Waals surface area (Å²) in [6.07, 6.45) is 7.15. The van der Waals surface area contributed by atoms with Crippen LogP contribution in [0.1, 0.15) is 38.5 Å². The first-order valence-electron chi connectivity index (χ1n) is 9.71. The predicted molar refractivity (Wildman–Crippen MR) is 101 cm³/mol. The lowest BCUT2D eigenvalue weighted by Crippen LogP contribution is -2.50. The van der Waals surface area contributed by atoms with Gasteiger partial charge in [0, 0.05) is 38.6 Å². The predicted octanol–water partition coefficient (Wildman–Crippen LogP) is 3.63. The van der Waals surface area contributed by atoms with Crippen LogP contribution in [-0.4, -0.2) is 54.0 Å². The zero-order valence-corrected chi connectivity index (χ0v) is 15.4. The van der Waals surface area contributed by atoms with Crippen molar-refractivity contribution in [1.29, 1.82) is 0 Å².